The molecule has 138 valence electrons. The number of benzene rings is 3. The maximum Gasteiger partial charge on any atom is 0.0815 e. The van der Waals surface area contributed by atoms with Crippen molar-refractivity contribution in [3.05, 3.63) is 115 Å². The standard InChI is InChI=1S/C27H19NS/c1-4-11-20(12-5-1)23-19-24(25-17-10-18-29-25)28-27(22-15-8-3-9-16-22)26(23)21-13-6-2-7-14-21/h1-19H. The van der Waals surface area contributed by atoms with Crippen LogP contribution < -0.4 is 0 Å². The van der Waals surface area contributed by atoms with Gasteiger partial charge in [0.25, 0.3) is 0 Å². The fourth-order valence-electron chi connectivity index (χ4n) is 3.64. The predicted octanol–water partition coefficient (Wildman–Crippen LogP) is 7.81. The summed E-state index contributed by atoms with van der Waals surface area (Å²) in [4.78, 5) is 6.34. The number of thiophene rings is 1. The largest absolute Gasteiger partial charge is 0.246 e. The van der Waals surface area contributed by atoms with E-state index in [9.17, 15) is 0 Å². The third-order valence-electron chi connectivity index (χ3n) is 4.99. The van der Waals surface area contributed by atoms with Crippen molar-refractivity contribution in [2.24, 2.45) is 0 Å². The predicted molar refractivity (Wildman–Crippen MR) is 124 cm³/mol. The van der Waals surface area contributed by atoms with Crippen LogP contribution in [0, 0.1) is 0 Å². The van der Waals surface area contributed by atoms with Crippen LogP contribution in [0.25, 0.3) is 44.1 Å². The summed E-state index contributed by atoms with van der Waals surface area (Å²) in [6.45, 7) is 0. The second kappa shape index (κ2) is 7.86. The number of nitrogens with zero attached hydrogens (tertiary/aromatic N) is 1. The number of rotatable bonds is 4. The molecule has 0 fully saturated rings. The highest BCUT2D eigenvalue weighted by Gasteiger charge is 2.18. The number of pyridine rings is 1. The van der Waals surface area contributed by atoms with Crippen LogP contribution in [0.1, 0.15) is 0 Å². The zero-order valence-corrected chi connectivity index (χ0v) is 16.6. The highest BCUT2D eigenvalue weighted by Crippen LogP contribution is 2.41. The van der Waals surface area contributed by atoms with Gasteiger partial charge in [-0.25, -0.2) is 4.98 Å². The molecule has 3 aromatic carbocycles. The Kier molecular flexibility index (Phi) is 4.77. The molecule has 2 heteroatoms. The van der Waals surface area contributed by atoms with E-state index < -0.39 is 0 Å². The molecule has 2 heterocycles. The topological polar surface area (TPSA) is 12.9 Å². The van der Waals surface area contributed by atoms with Crippen molar-refractivity contribution in [3.63, 3.8) is 0 Å². The molecule has 0 amide bonds. The molecule has 5 rings (SSSR count). The second-order valence-corrected chi connectivity index (χ2v) is 7.80. The Balaban J connectivity index is 1.88. The number of aromatic nitrogens is 1. The lowest BCUT2D eigenvalue weighted by molar-refractivity contribution is 1.33. The highest BCUT2D eigenvalue weighted by molar-refractivity contribution is 7.13. The van der Waals surface area contributed by atoms with Gasteiger partial charge < -0.3 is 0 Å². The van der Waals surface area contributed by atoms with Crippen LogP contribution in [0.2, 0.25) is 0 Å². The quantitative estimate of drug-likeness (QED) is 0.305. The van der Waals surface area contributed by atoms with E-state index in [1.807, 2.05) is 6.07 Å². The Bertz CT molecular complexity index is 1150. The lowest BCUT2D eigenvalue weighted by Gasteiger charge is -2.17. The number of hydrogen-bond acceptors (Lipinski definition) is 2. The molecule has 0 spiro atoms. The van der Waals surface area contributed by atoms with Crippen LogP contribution in [0.3, 0.4) is 0 Å². The highest BCUT2D eigenvalue weighted by atomic mass is 32.1. The molecule has 0 radical (unpaired) electrons. The molecule has 0 aliphatic carbocycles. The van der Waals surface area contributed by atoms with Gasteiger partial charge in [-0.05, 0) is 34.2 Å². The van der Waals surface area contributed by atoms with Gasteiger partial charge in [-0.15, -0.1) is 11.3 Å². The Morgan fingerprint density at radius 3 is 1.72 bits per heavy atom. The monoisotopic (exact) mass is 389 g/mol. The van der Waals surface area contributed by atoms with E-state index in [-0.39, 0.29) is 0 Å². The molecule has 29 heavy (non-hydrogen) atoms. The van der Waals surface area contributed by atoms with E-state index in [0.717, 1.165) is 17.0 Å². The van der Waals surface area contributed by atoms with E-state index >= 15 is 0 Å². The third-order valence-corrected chi connectivity index (χ3v) is 5.88. The van der Waals surface area contributed by atoms with Crippen LogP contribution in [0.4, 0.5) is 0 Å². The molecule has 0 aliphatic rings. The van der Waals surface area contributed by atoms with E-state index in [0.29, 0.717) is 0 Å². The van der Waals surface area contributed by atoms with Crippen LogP contribution in [-0.2, 0) is 0 Å². The van der Waals surface area contributed by atoms with Gasteiger partial charge in [0.2, 0.25) is 0 Å². The lowest BCUT2D eigenvalue weighted by atomic mass is 9.90. The molecule has 0 unspecified atom stereocenters. The van der Waals surface area contributed by atoms with Crippen molar-refractivity contribution >= 4 is 11.3 Å². The minimum atomic E-state index is 1.01. The first-order valence-corrected chi connectivity index (χ1v) is 10.5. The minimum absolute atomic E-state index is 1.01. The first kappa shape index (κ1) is 17.6. The first-order valence-electron chi connectivity index (χ1n) is 9.65. The van der Waals surface area contributed by atoms with Gasteiger partial charge in [0.05, 0.1) is 16.3 Å². The summed E-state index contributed by atoms with van der Waals surface area (Å²) < 4.78 is 0. The molecule has 0 bridgehead atoms. The molecule has 0 saturated carbocycles. The van der Waals surface area contributed by atoms with Crippen molar-refractivity contribution in [1.82, 2.24) is 4.98 Å². The van der Waals surface area contributed by atoms with Gasteiger partial charge in [-0.3, -0.25) is 0 Å². The van der Waals surface area contributed by atoms with E-state index in [4.69, 9.17) is 4.98 Å². The summed E-state index contributed by atoms with van der Waals surface area (Å²) in [6, 6.07) is 38.1. The Labute approximate surface area is 175 Å². The van der Waals surface area contributed by atoms with Crippen molar-refractivity contribution in [1.29, 1.82) is 0 Å². The molecule has 0 saturated heterocycles. The molecule has 0 aliphatic heterocycles. The van der Waals surface area contributed by atoms with Gasteiger partial charge in [0.1, 0.15) is 0 Å². The Hall–Kier alpha value is -3.49. The SMILES string of the molecule is c1ccc(-c2cc(-c3cccs3)nc(-c3ccccc3)c2-c2ccccc2)cc1. The van der Waals surface area contributed by atoms with Crippen LogP contribution in [0.5, 0.6) is 0 Å². The van der Waals surface area contributed by atoms with Gasteiger partial charge in [-0.1, -0.05) is 97.1 Å². The summed E-state index contributed by atoms with van der Waals surface area (Å²) in [5.41, 5.74) is 7.90. The Morgan fingerprint density at radius 1 is 0.552 bits per heavy atom. The average molecular weight is 390 g/mol. The van der Waals surface area contributed by atoms with Gasteiger partial charge in [-0.2, -0.15) is 0 Å². The molecule has 2 aromatic heterocycles. The summed E-state index contributed by atoms with van der Waals surface area (Å²) in [5, 5.41) is 2.10. The number of hydrogen-bond donors (Lipinski definition) is 0. The minimum Gasteiger partial charge on any atom is -0.246 e. The molecule has 1 nitrogen and oxygen atoms in total. The Morgan fingerprint density at radius 2 is 1.14 bits per heavy atom. The van der Waals surface area contributed by atoms with Crippen LogP contribution >= 0.6 is 11.3 Å². The van der Waals surface area contributed by atoms with E-state index in [1.165, 1.54) is 27.1 Å². The average Bonchev–Trinajstić information content (AvgIpc) is 3.35. The second-order valence-electron chi connectivity index (χ2n) is 6.85. The van der Waals surface area contributed by atoms with Gasteiger partial charge in [0.15, 0.2) is 0 Å². The maximum atomic E-state index is 5.16. The molecular weight excluding hydrogens is 370 g/mol. The van der Waals surface area contributed by atoms with Crippen molar-refractivity contribution in [2.75, 3.05) is 0 Å². The van der Waals surface area contributed by atoms with Crippen LogP contribution in [0.15, 0.2) is 115 Å². The summed E-state index contributed by atoms with van der Waals surface area (Å²) in [5.74, 6) is 0. The summed E-state index contributed by atoms with van der Waals surface area (Å²) in [7, 11) is 0. The lowest BCUT2D eigenvalue weighted by Crippen LogP contribution is -1.96. The summed E-state index contributed by atoms with van der Waals surface area (Å²) >= 11 is 1.72. The zero-order chi connectivity index (χ0) is 19.5. The maximum absolute atomic E-state index is 5.16. The molecular formula is C27H19NS. The smallest absolute Gasteiger partial charge is 0.0815 e. The first-order chi connectivity index (χ1) is 14.4. The summed E-state index contributed by atoms with van der Waals surface area (Å²) in [6.07, 6.45) is 0. The van der Waals surface area contributed by atoms with Crippen molar-refractivity contribution in [3.8, 4) is 44.1 Å². The van der Waals surface area contributed by atoms with Gasteiger partial charge >= 0.3 is 0 Å². The fourth-order valence-corrected chi connectivity index (χ4v) is 4.33. The molecule has 0 N–H and O–H groups in total. The van der Waals surface area contributed by atoms with E-state index in [2.05, 4.69) is 109 Å². The third kappa shape index (κ3) is 3.51. The zero-order valence-electron chi connectivity index (χ0n) is 15.8. The normalized spacial score (nSPS) is 10.8. The van der Waals surface area contributed by atoms with Gasteiger partial charge in [0, 0.05) is 11.1 Å². The molecule has 0 atom stereocenters. The van der Waals surface area contributed by atoms with Crippen LogP contribution in [-0.4, -0.2) is 4.98 Å². The molecule has 5 aromatic rings. The van der Waals surface area contributed by atoms with E-state index in [1.54, 1.807) is 11.3 Å². The van der Waals surface area contributed by atoms with Crippen molar-refractivity contribution in [2.45, 2.75) is 0 Å². The fraction of sp³-hybridized carbons (Fsp3) is 0. The van der Waals surface area contributed by atoms with Crippen molar-refractivity contribution < 1.29 is 0 Å².